The van der Waals surface area contributed by atoms with Crippen LogP contribution in [0.3, 0.4) is 0 Å². The molecule has 4 aromatic rings. The van der Waals surface area contributed by atoms with E-state index in [1.165, 1.54) is 0 Å². The number of benzene rings is 1. The number of pyridine rings is 2. The number of nitrogens with two attached hydrogens (primary N) is 1. The zero-order valence-corrected chi connectivity index (χ0v) is 16.3. The van der Waals surface area contributed by atoms with Crippen molar-refractivity contribution < 1.29 is 4.79 Å². The fourth-order valence-electron chi connectivity index (χ4n) is 3.39. The van der Waals surface area contributed by atoms with Crippen molar-refractivity contribution in [3.8, 4) is 11.3 Å². The molecular weight excluding hydrogens is 376 g/mol. The van der Waals surface area contributed by atoms with Crippen molar-refractivity contribution in [2.45, 2.75) is 12.3 Å². The smallest absolute Gasteiger partial charge is 0.229 e. The normalized spacial score (nSPS) is 11.7. The van der Waals surface area contributed by atoms with E-state index in [0.29, 0.717) is 12.4 Å². The molecule has 7 nitrogen and oxygen atoms in total. The first-order chi connectivity index (χ1) is 14.7. The van der Waals surface area contributed by atoms with Crippen LogP contribution in [0.1, 0.15) is 22.7 Å². The monoisotopic (exact) mass is 398 g/mol. The molecule has 1 aromatic carbocycles. The first kappa shape index (κ1) is 19.3. The van der Waals surface area contributed by atoms with Crippen molar-refractivity contribution in [3.63, 3.8) is 0 Å². The lowest BCUT2D eigenvalue weighted by molar-refractivity contribution is -0.118. The molecule has 1 amide bonds. The Kier molecular flexibility index (Phi) is 5.80. The summed E-state index contributed by atoms with van der Waals surface area (Å²) < 4.78 is 0. The van der Waals surface area contributed by atoms with Crippen LogP contribution in [0.5, 0.6) is 0 Å². The first-order valence-corrected chi connectivity index (χ1v) is 9.69. The van der Waals surface area contributed by atoms with Gasteiger partial charge in [0.1, 0.15) is 5.82 Å². The lowest BCUT2D eigenvalue weighted by atomic mass is 9.91. The Bertz CT molecular complexity index is 1100. The topological polar surface area (TPSA) is 110 Å². The van der Waals surface area contributed by atoms with Gasteiger partial charge in [0.15, 0.2) is 0 Å². The lowest BCUT2D eigenvalue weighted by Gasteiger charge is -2.19. The summed E-state index contributed by atoms with van der Waals surface area (Å²) in [6.07, 6.45) is 7.51. The molecule has 1 unspecified atom stereocenters. The van der Waals surface area contributed by atoms with Crippen LogP contribution in [-0.4, -0.2) is 32.4 Å². The Morgan fingerprint density at radius 3 is 2.60 bits per heavy atom. The van der Waals surface area contributed by atoms with Gasteiger partial charge in [0.05, 0.1) is 17.9 Å². The predicted molar refractivity (Wildman–Crippen MR) is 116 cm³/mol. The van der Waals surface area contributed by atoms with Gasteiger partial charge in [-0.3, -0.25) is 9.78 Å². The molecule has 0 aliphatic rings. The molecule has 0 fully saturated rings. The van der Waals surface area contributed by atoms with Crippen molar-refractivity contribution in [2.24, 2.45) is 5.73 Å². The maximum atomic E-state index is 12.4. The Morgan fingerprint density at radius 2 is 1.90 bits per heavy atom. The number of nitrogens with zero attached hydrogens (tertiary/aromatic N) is 3. The van der Waals surface area contributed by atoms with Crippen LogP contribution in [0.4, 0.5) is 5.82 Å². The summed E-state index contributed by atoms with van der Waals surface area (Å²) in [6, 6.07) is 17.4. The summed E-state index contributed by atoms with van der Waals surface area (Å²) in [6.45, 7) is 0.624. The van der Waals surface area contributed by atoms with Gasteiger partial charge in [0.25, 0.3) is 0 Å². The van der Waals surface area contributed by atoms with Crippen molar-refractivity contribution in [2.75, 3.05) is 11.9 Å². The summed E-state index contributed by atoms with van der Waals surface area (Å²) in [4.78, 5) is 28.5. The van der Waals surface area contributed by atoms with E-state index in [1.807, 2.05) is 48.5 Å². The fraction of sp³-hybridized carbons (Fsp3) is 0.130. The van der Waals surface area contributed by atoms with Crippen LogP contribution in [-0.2, 0) is 11.2 Å². The van der Waals surface area contributed by atoms with Crippen LogP contribution < -0.4 is 11.1 Å². The summed E-state index contributed by atoms with van der Waals surface area (Å²) in [5.74, 6) is -0.469. The van der Waals surface area contributed by atoms with E-state index in [1.54, 1.807) is 31.0 Å². The van der Waals surface area contributed by atoms with E-state index < -0.39 is 11.8 Å². The number of amides is 1. The first-order valence-electron chi connectivity index (χ1n) is 9.69. The minimum absolute atomic E-state index is 0.450. The zero-order valence-electron chi connectivity index (χ0n) is 16.3. The average Bonchev–Trinajstić information content (AvgIpc) is 3.29. The standard InChI is InChI=1S/C23H22N6O/c24-22(30)21(17-7-4-11-25-13-17)19-8-9-20(16-5-2-1-3-6-16)29-23(19)27-12-10-18-14-26-15-28-18/h1-9,11,13-15,21H,10,12H2,(H2,24,30)(H,26,28)(H,27,29). The highest BCUT2D eigenvalue weighted by Gasteiger charge is 2.24. The average molecular weight is 398 g/mol. The van der Waals surface area contributed by atoms with Crippen LogP contribution in [0.2, 0.25) is 0 Å². The van der Waals surface area contributed by atoms with E-state index in [4.69, 9.17) is 10.7 Å². The number of imidazole rings is 1. The molecule has 7 heteroatoms. The second-order valence-electron chi connectivity index (χ2n) is 6.88. The molecule has 150 valence electrons. The minimum Gasteiger partial charge on any atom is -0.369 e. The lowest BCUT2D eigenvalue weighted by Crippen LogP contribution is -2.24. The zero-order chi connectivity index (χ0) is 20.8. The van der Waals surface area contributed by atoms with Gasteiger partial charge in [-0.2, -0.15) is 0 Å². The van der Waals surface area contributed by atoms with Gasteiger partial charge in [-0.05, 0) is 17.7 Å². The number of carbonyl (C=O) groups excluding carboxylic acids is 1. The predicted octanol–water partition coefficient (Wildman–Crippen LogP) is 3.14. The third-order valence-corrected chi connectivity index (χ3v) is 4.85. The summed E-state index contributed by atoms with van der Waals surface area (Å²) in [5, 5.41) is 3.38. The fourth-order valence-corrected chi connectivity index (χ4v) is 3.39. The van der Waals surface area contributed by atoms with E-state index in [2.05, 4.69) is 20.3 Å². The highest BCUT2D eigenvalue weighted by molar-refractivity contribution is 5.87. The van der Waals surface area contributed by atoms with Crippen LogP contribution in [0, 0.1) is 0 Å². The molecule has 1 atom stereocenters. The second kappa shape index (κ2) is 9.00. The maximum Gasteiger partial charge on any atom is 0.229 e. The molecule has 3 aromatic heterocycles. The van der Waals surface area contributed by atoms with Crippen LogP contribution >= 0.6 is 0 Å². The van der Waals surface area contributed by atoms with Crippen LogP contribution in [0.15, 0.2) is 79.5 Å². The third kappa shape index (κ3) is 4.35. The molecule has 0 radical (unpaired) electrons. The van der Waals surface area contributed by atoms with Gasteiger partial charge in [-0.15, -0.1) is 0 Å². The van der Waals surface area contributed by atoms with Crippen molar-refractivity contribution in [3.05, 3.63) is 96.3 Å². The van der Waals surface area contributed by atoms with E-state index in [9.17, 15) is 4.79 Å². The summed E-state index contributed by atoms with van der Waals surface area (Å²) in [5.41, 5.74) is 10.1. The molecule has 0 saturated heterocycles. The molecule has 4 N–H and O–H groups in total. The highest BCUT2D eigenvalue weighted by atomic mass is 16.1. The van der Waals surface area contributed by atoms with Gasteiger partial charge < -0.3 is 16.0 Å². The van der Waals surface area contributed by atoms with E-state index >= 15 is 0 Å². The molecule has 4 rings (SSSR count). The number of rotatable bonds is 8. The number of nitrogens with one attached hydrogen (secondary N) is 2. The van der Waals surface area contributed by atoms with Gasteiger partial charge in [-0.25, -0.2) is 9.97 Å². The number of hydrogen-bond acceptors (Lipinski definition) is 5. The Morgan fingerprint density at radius 1 is 1.03 bits per heavy atom. The third-order valence-electron chi connectivity index (χ3n) is 4.85. The largest absolute Gasteiger partial charge is 0.369 e. The number of aromatic nitrogens is 4. The SMILES string of the molecule is NC(=O)C(c1cccnc1)c1ccc(-c2ccccc2)nc1NCCc1cnc[nH]1. The van der Waals surface area contributed by atoms with Crippen molar-refractivity contribution in [1.82, 2.24) is 19.9 Å². The molecule has 0 aliphatic heterocycles. The quantitative estimate of drug-likeness (QED) is 0.422. The molecular formula is C23H22N6O. The summed E-state index contributed by atoms with van der Waals surface area (Å²) >= 11 is 0. The highest BCUT2D eigenvalue weighted by Crippen LogP contribution is 2.31. The van der Waals surface area contributed by atoms with E-state index in [-0.39, 0.29) is 0 Å². The number of aromatic amines is 1. The molecule has 3 heterocycles. The van der Waals surface area contributed by atoms with Crippen molar-refractivity contribution >= 4 is 11.7 Å². The Labute approximate surface area is 174 Å². The molecule has 0 spiro atoms. The van der Waals surface area contributed by atoms with E-state index in [0.717, 1.165) is 34.5 Å². The Hall–Kier alpha value is -4.00. The van der Waals surface area contributed by atoms with Gasteiger partial charge in [0.2, 0.25) is 5.91 Å². The number of H-pyrrole nitrogens is 1. The summed E-state index contributed by atoms with van der Waals surface area (Å²) in [7, 11) is 0. The number of hydrogen-bond donors (Lipinski definition) is 3. The van der Waals surface area contributed by atoms with Gasteiger partial charge >= 0.3 is 0 Å². The molecule has 0 bridgehead atoms. The second-order valence-corrected chi connectivity index (χ2v) is 6.88. The molecule has 0 aliphatic carbocycles. The Balaban J connectivity index is 1.71. The van der Waals surface area contributed by atoms with Crippen molar-refractivity contribution in [1.29, 1.82) is 0 Å². The van der Waals surface area contributed by atoms with Gasteiger partial charge in [-0.1, -0.05) is 42.5 Å². The number of primary amides is 1. The van der Waals surface area contributed by atoms with Crippen LogP contribution in [0.25, 0.3) is 11.3 Å². The van der Waals surface area contributed by atoms with Gasteiger partial charge in [0, 0.05) is 48.4 Å². The molecule has 0 saturated carbocycles. The number of anilines is 1. The number of carbonyl (C=O) groups is 1. The maximum absolute atomic E-state index is 12.4. The minimum atomic E-state index is -0.648. The molecule has 30 heavy (non-hydrogen) atoms.